The number of phenolic OH excluding ortho intramolecular Hbond substituents is 1. The van der Waals surface area contributed by atoms with Gasteiger partial charge in [0, 0.05) is 10.6 Å². The van der Waals surface area contributed by atoms with Crippen LogP contribution in [0, 0.1) is 0 Å². The Kier molecular flexibility index (Phi) is 5.52. The maximum atomic E-state index is 9.59. The Morgan fingerprint density at radius 2 is 2.14 bits per heavy atom. The fourth-order valence-corrected chi connectivity index (χ4v) is 1.80. The lowest BCUT2D eigenvalue weighted by Crippen LogP contribution is -2.06. The van der Waals surface area contributed by atoms with Crippen molar-refractivity contribution in [2.45, 2.75) is 6.04 Å². The Hall–Kier alpha value is -0.220. The van der Waals surface area contributed by atoms with Gasteiger partial charge in [-0.25, -0.2) is 0 Å². The molecular weight excluding hydrogens is 289 g/mol. The minimum absolute atomic E-state index is 0. The molecular formula is C9H10BrCl2NO. The lowest BCUT2D eigenvalue weighted by molar-refractivity contribution is 0.462. The van der Waals surface area contributed by atoms with Crippen LogP contribution in [0.15, 0.2) is 29.3 Å². The Balaban J connectivity index is 0.00000169. The van der Waals surface area contributed by atoms with Crippen LogP contribution >= 0.6 is 39.9 Å². The first-order chi connectivity index (χ1) is 6.06. The number of halogens is 3. The summed E-state index contributed by atoms with van der Waals surface area (Å²) in [4.78, 5) is 0. The molecule has 0 aliphatic rings. The van der Waals surface area contributed by atoms with Gasteiger partial charge in [-0.05, 0) is 28.1 Å². The van der Waals surface area contributed by atoms with Crippen molar-refractivity contribution in [3.8, 4) is 5.75 Å². The fourth-order valence-electron chi connectivity index (χ4n) is 0.967. The predicted molar refractivity (Wildman–Crippen MR) is 65.2 cm³/mol. The van der Waals surface area contributed by atoms with Crippen LogP contribution in [0.25, 0.3) is 0 Å². The zero-order chi connectivity index (χ0) is 10.0. The van der Waals surface area contributed by atoms with Crippen molar-refractivity contribution in [2.24, 2.45) is 5.73 Å². The van der Waals surface area contributed by atoms with Gasteiger partial charge in [-0.3, -0.25) is 0 Å². The largest absolute Gasteiger partial charge is 0.506 e. The van der Waals surface area contributed by atoms with E-state index < -0.39 is 6.04 Å². The molecule has 0 fully saturated rings. The molecule has 0 bridgehead atoms. The van der Waals surface area contributed by atoms with Crippen LogP contribution in [-0.4, -0.2) is 5.11 Å². The highest BCUT2D eigenvalue weighted by Gasteiger charge is 2.11. The van der Waals surface area contributed by atoms with E-state index in [2.05, 4.69) is 22.5 Å². The van der Waals surface area contributed by atoms with E-state index in [1.165, 1.54) is 6.08 Å². The SMILES string of the molecule is C=C[C@H](N)c1cc(Cl)cc(Br)c1O.Cl. The second kappa shape index (κ2) is 5.61. The van der Waals surface area contributed by atoms with Crippen molar-refractivity contribution in [1.82, 2.24) is 0 Å². The third kappa shape index (κ3) is 2.89. The highest BCUT2D eigenvalue weighted by molar-refractivity contribution is 9.10. The second-order valence-electron chi connectivity index (χ2n) is 2.59. The summed E-state index contributed by atoms with van der Waals surface area (Å²) < 4.78 is 0.535. The number of nitrogens with two attached hydrogens (primary N) is 1. The zero-order valence-corrected chi connectivity index (χ0v) is 10.4. The molecule has 0 saturated heterocycles. The summed E-state index contributed by atoms with van der Waals surface area (Å²) in [7, 11) is 0. The van der Waals surface area contributed by atoms with Gasteiger partial charge in [0.05, 0.1) is 10.5 Å². The summed E-state index contributed by atoms with van der Waals surface area (Å²) >= 11 is 8.96. The van der Waals surface area contributed by atoms with Crippen LogP contribution < -0.4 is 5.73 Å². The number of phenols is 1. The molecule has 0 heterocycles. The monoisotopic (exact) mass is 297 g/mol. The van der Waals surface area contributed by atoms with Crippen LogP contribution in [0.5, 0.6) is 5.75 Å². The fraction of sp³-hybridized carbons (Fsp3) is 0.111. The van der Waals surface area contributed by atoms with Crippen LogP contribution in [0.4, 0.5) is 0 Å². The third-order valence-corrected chi connectivity index (χ3v) is 2.49. The number of aromatic hydroxyl groups is 1. The number of rotatable bonds is 2. The van der Waals surface area contributed by atoms with Crippen molar-refractivity contribution >= 4 is 39.9 Å². The third-order valence-electron chi connectivity index (χ3n) is 1.67. The number of hydrogen-bond acceptors (Lipinski definition) is 2. The number of hydrogen-bond donors (Lipinski definition) is 2. The zero-order valence-electron chi connectivity index (χ0n) is 7.21. The normalized spacial score (nSPS) is 11.6. The molecule has 5 heteroatoms. The molecule has 1 aromatic carbocycles. The van der Waals surface area contributed by atoms with E-state index in [0.29, 0.717) is 15.1 Å². The van der Waals surface area contributed by atoms with Crippen LogP contribution in [0.2, 0.25) is 5.02 Å². The van der Waals surface area contributed by atoms with Crippen molar-refractivity contribution in [3.63, 3.8) is 0 Å². The van der Waals surface area contributed by atoms with Crippen molar-refractivity contribution < 1.29 is 5.11 Å². The first-order valence-corrected chi connectivity index (χ1v) is 4.79. The average molecular weight is 299 g/mol. The minimum Gasteiger partial charge on any atom is -0.506 e. The van der Waals surface area contributed by atoms with Gasteiger partial charge in [0.15, 0.2) is 0 Å². The molecule has 2 nitrogen and oxygen atoms in total. The molecule has 0 aliphatic carbocycles. The van der Waals surface area contributed by atoms with Gasteiger partial charge >= 0.3 is 0 Å². The van der Waals surface area contributed by atoms with Gasteiger partial charge in [0.1, 0.15) is 5.75 Å². The maximum absolute atomic E-state index is 9.59. The molecule has 0 aromatic heterocycles. The lowest BCUT2D eigenvalue weighted by Gasteiger charge is -2.10. The van der Waals surface area contributed by atoms with Crippen LogP contribution in [0.1, 0.15) is 11.6 Å². The molecule has 0 amide bonds. The molecule has 78 valence electrons. The second-order valence-corrected chi connectivity index (χ2v) is 3.88. The Morgan fingerprint density at radius 3 is 2.64 bits per heavy atom. The summed E-state index contributed by atoms with van der Waals surface area (Å²) in [5.74, 6) is 0.108. The van der Waals surface area contributed by atoms with Crippen molar-refractivity contribution in [1.29, 1.82) is 0 Å². The smallest absolute Gasteiger partial charge is 0.134 e. The van der Waals surface area contributed by atoms with Gasteiger partial charge in [-0.15, -0.1) is 19.0 Å². The van der Waals surface area contributed by atoms with E-state index in [-0.39, 0.29) is 18.2 Å². The quantitative estimate of drug-likeness (QED) is 0.822. The lowest BCUT2D eigenvalue weighted by atomic mass is 10.1. The molecule has 3 N–H and O–H groups in total. The highest BCUT2D eigenvalue weighted by atomic mass is 79.9. The maximum Gasteiger partial charge on any atom is 0.134 e. The Morgan fingerprint density at radius 1 is 1.57 bits per heavy atom. The molecule has 0 saturated carbocycles. The van der Waals surface area contributed by atoms with E-state index >= 15 is 0 Å². The van der Waals surface area contributed by atoms with Crippen molar-refractivity contribution in [2.75, 3.05) is 0 Å². The van der Waals surface area contributed by atoms with Crippen LogP contribution in [-0.2, 0) is 0 Å². The van der Waals surface area contributed by atoms with E-state index in [0.717, 1.165) is 0 Å². The topological polar surface area (TPSA) is 46.2 Å². The molecule has 1 rings (SSSR count). The van der Waals surface area contributed by atoms with Gasteiger partial charge in [0.2, 0.25) is 0 Å². The Labute approximate surface area is 102 Å². The summed E-state index contributed by atoms with van der Waals surface area (Å²) in [6.07, 6.45) is 1.54. The van der Waals surface area contributed by atoms with E-state index in [1.54, 1.807) is 12.1 Å². The molecule has 0 spiro atoms. The van der Waals surface area contributed by atoms with Gasteiger partial charge in [0.25, 0.3) is 0 Å². The molecule has 1 aromatic rings. The molecule has 14 heavy (non-hydrogen) atoms. The Bertz CT molecular complexity index is 344. The summed E-state index contributed by atoms with van der Waals surface area (Å²) in [5.41, 5.74) is 6.24. The predicted octanol–water partition coefficient (Wildman–Crippen LogP) is 3.42. The first kappa shape index (κ1) is 13.8. The molecule has 0 unspecified atom stereocenters. The van der Waals surface area contributed by atoms with Gasteiger partial charge < -0.3 is 10.8 Å². The molecule has 0 radical (unpaired) electrons. The standard InChI is InChI=1S/C9H9BrClNO.ClH/c1-2-8(12)6-3-5(11)4-7(10)9(6)13;/h2-4,8,13H,1,12H2;1H/t8-;/m0./s1. The van der Waals surface area contributed by atoms with Crippen LogP contribution in [0.3, 0.4) is 0 Å². The number of benzene rings is 1. The van der Waals surface area contributed by atoms with Gasteiger partial charge in [-0.2, -0.15) is 0 Å². The molecule has 0 aliphatic heterocycles. The summed E-state index contributed by atoms with van der Waals surface area (Å²) in [6.45, 7) is 3.54. The molecule has 1 atom stereocenters. The van der Waals surface area contributed by atoms with Crippen molar-refractivity contribution in [3.05, 3.63) is 39.8 Å². The van der Waals surface area contributed by atoms with E-state index in [1.807, 2.05) is 0 Å². The first-order valence-electron chi connectivity index (χ1n) is 3.62. The highest BCUT2D eigenvalue weighted by Crippen LogP contribution is 2.34. The summed E-state index contributed by atoms with van der Waals surface area (Å²) in [6, 6.07) is 2.82. The summed E-state index contributed by atoms with van der Waals surface area (Å²) in [5, 5.41) is 10.1. The van der Waals surface area contributed by atoms with E-state index in [4.69, 9.17) is 17.3 Å². The van der Waals surface area contributed by atoms with Gasteiger partial charge in [-0.1, -0.05) is 17.7 Å². The minimum atomic E-state index is -0.407. The average Bonchev–Trinajstić information content (AvgIpc) is 2.10. The van der Waals surface area contributed by atoms with E-state index in [9.17, 15) is 5.11 Å².